The number of carboxylic acid groups (broad SMARTS) is 1. The molecule has 1 aliphatic heterocycles. The zero-order valence-corrected chi connectivity index (χ0v) is 12.0. The Labute approximate surface area is 114 Å². The monoisotopic (exact) mass is 272 g/mol. The van der Waals surface area contributed by atoms with Gasteiger partial charge in [-0.25, -0.2) is 4.79 Å². The van der Waals surface area contributed by atoms with Gasteiger partial charge in [0.05, 0.1) is 5.92 Å². The molecule has 1 atom stereocenters. The van der Waals surface area contributed by atoms with Crippen molar-refractivity contribution in [2.75, 3.05) is 33.4 Å². The molecule has 0 bridgehead atoms. The predicted molar refractivity (Wildman–Crippen MR) is 71.0 cm³/mol. The number of aliphatic carboxylic acids is 1. The van der Waals surface area contributed by atoms with Crippen molar-refractivity contribution >= 4 is 12.0 Å². The summed E-state index contributed by atoms with van der Waals surface area (Å²) in [6.45, 7) is 5.61. The highest BCUT2D eigenvalue weighted by molar-refractivity contribution is 5.76. The summed E-state index contributed by atoms with van der Waals surface area (Å²) in [6, 6.07) is 0.0953. The molecule has 110 valence electrons. The van der Waals surface area contributed by atoms with Gasteiger partial charge in [-0.1, -0.05) is 6.92 Å². The summed E-state index contributed by atoms with van der Waals surface area (Å²) in [4.78, 5) is 26.5. The Kier molecular flexibility index (Phi) is 6.08. The number of hydrogen-bond donors (Lipinski definition) is 1. The van der Waals surface area contributed by atoms with E-state index in [9.17, 15) is 9.59 Å². The molecule has 0 aliphatic carbocycles. The SMILES string of the molecule is CCN(CC(C)C(=O)O)C(=O)N(C)C1CCOCC1. The van der Waals surface area contributed by atoms with Crippen LogP contribution in [0.4, 0.5) is 4.79 Å². The van der Waals surface area contributed by atoms with Gasteiger partial charge in [0, 0.05) is 39.4 Å². The number of carbonyl (C=O) groups is 2. The molecule has 1 saturated heterocycles. The first kappa shape index (κ1) is 15.8. The third-order valence-corrected chi connectivity index (χ3v) is 3.61. The highest BCUT2D eigenvalue weighted by Crippen LogP contribution is 2.15. The maximum Gasteiger partial charge on any atom is 0.320 e. The first-order chi connectivity index (χ1) is 8.97. The Hall–Kier alpha value is -1.30. The summed E-state index contributed by atoms with van der Waals surface area (Å²) < 4.78 is 5.28. The van der Waals surface area contributed by atoms with Crippen LogP contribution in [-0.2, 0) is 9.53 Å². The van der Waals surface area contributed by atoms with Crippen LogP contribution in [-0.4, -0.2) is 66.3 Å². The fourth-order valence-electron chi connectivity index (χ4n) is 2.20. The second-order valence-electron chi connectivity index (χ2n) is 5.01. The lowest BCUT2D eigenvalue weighted by Gasteiger charge is -2.35. The minimum absolute atomic E-state index is 0.0949. The lowest BCUT2D eigenvalue weighted by Crippen LogP contribution is -2.49. The zero-order chi connectivity index (χ0) is 14.4. The van der Waals surface area contributed by atoms with Crippen LogP contribution in [0.15, 0.2) is 0 Å². The van der Waals surface area contributed by atoms with Gasteiger partial charge in [0.1, 0.15) is 0 Å². The second kappa shape index (κ2) is 7.33. The van der Waals surface area contributed by atoms with Crippen LogP contribution in [0, 0.1) is 5.92 Å². The number of hydrogen-bond acceptors (Lipinski definition) is 3. The third-order valence-electron chi connectivity index (χ3n) is 3.61. The topological polar surface area (TPSA) is 70.1 Å². The number of amides is 2. The van der Waals surface area contributed by atoms with Crippen LogP contribution in [0.1, 0.15) is 26.7 Å². The van der Waals surface area contributed by atoms with Gasteiger partial charge in [-0.15, -0.1) is 0 Å². The minimum atomic E-state index is -0.875. The molecule has 1 aliphatic rings. The van der Waals surface area contributed by atoms with Crippen molar-refractivity contribution in [1.29, 1.82) is 0 Å². The molecule has 19 heavy (non-hydrogen) atoms. The molecule has 6 heteroatoms. The summed E-state index contributed by atoms with van der Waals surface area (Å²) in [7, 11) is 1.78. The Morgan fingerprint density at radius 1 is 1.37 bits per heavy atom. The molecule has 0 aromatic rings. The van der Waals surface area contributed by atoms with Crippen molar-refractivity contribution in [3.63, 3.8) is 0 Å². The molecule has 1 rings (SSSR count). The zero-order valence-electron chi connectivity index (χ0n) is 12.0. The number of carbonyl (C=O) groups excluding carboxylic acids is 1. The molecule has 0 aromatic heterocycles. The van der Waals surface area contributed by atoms with Gasteiger partial charge < -0.3 is 19.6 Å². The maximum absolute atomic E-state index is 12.3. The Morgan fingerprint density at radius 3 is 2.42 bits per heavy atom. The van der Waals surface area contributed by atoms with Crippen LogP contribution < -0.4 is 0 Å². The Bertz CT molecular complexity index is 316. The van der Waals surface area contributed by atoms with Gasteiger partial charge >= 0.3 is 12.0 Å². The Balaban J connectivity index is 2.58. The summed E-state index contributed by atoms with van der Waals surface area (Å²) in [5.74, 6) is -1.42. The Morgan fingerprint density at radius 2 is 1.95 bits per heavy atom. The maximum atomic E-state index is 12.3. The van der Waals surface area contributed by atoms with E-state index in [2.05, 4.69) is 0 Å². The van der Waals surface area contributed by atoms with E-state index in [4.69, 9.17) is 9.84 Å². The molecule has 1 heterocycles. The van der Waals surface area contributed by atoms with Crippen molar-refractivity contribution < 1.29 is 19.4 Å². The van der Waals surface area contributed by atoms with Gasteiger partial charge in [-0.3, -0.25) is 4.79 Å². The van der Waals surface area contributed by atoms with Crippen LogP contribution in [0.25, 0.3) is 0 Å². The van der Waals surface area contributed by atoms with Crippen molar-refractivity contribution in [2.24, 2.45) is 5.92 Å². The molecule has 0 radical (unpaired) electrons. The van der Waals surface area contributed by atoms with Crippen molar-refractivity contribution in [3.8, 4) is 0 Å². The molecular formula is C13H24N2O4. The lowest BCUT2D eigenvalue weighted by atomic mass is 10.1. The normalized spacial score (nSPS) is 17.8. The van der Waals surface area contributed by atoms with Crippen molar-refractivity contribution in [3.05, 3.63) is 0 Å². The average molecular weight is 272 g/mol. The average Bonchev–Trinajstić information content (AvgIpc) is 2.43. The van der Waals surface area contributed by atoms with Gasteiger partial charge in [0.2, 0.25) is 0 Å². The molecule has 1 fully saturated rings. The van der Waals surface area contributed by atoms with Crippen LogP contribution in [0.5, 0.6) is 0 Å². The summed E-state index contributed by atoms with van der Waals surface area (Å²) in [5.41, 5.74) is 0. The quantitative estimate of drug-likeness (QED) is 0.818. The predicted octanol–water partition coefficient (Wildman–Crippen LogP) is 1.26. The minimum Gasteiger partial charge on any atom is -0.481 e. The van der Waals surface area contributed by atoms with E-state index >= 15 is 0 Å². The van der Waals surface area contributed by atoms with E-state index in [-0.39, 0.29) is 18.6 Å². The van der Waals surface area contributed by atoms with Gasteiger partial charge in [0.15, 0.2) is 0 Å². The standard InChI is InChI=1S/C13H24N2O4/c1-4-15(9-10(2)12(16)17)13(18)14(3)11-5-7-19-8-6-11/h10-11H,4-9H2,1-3H3,(H,16,17). The van der Waals surface area contributed by atoms with E-state index in [0.717, 1.165) is 12.8 Å². The summed E-state index contributed by atoms with van der Waals surface area (Å²) >= 11 is 0. The molecule has 1 unspecified atom stereocenters. The highest BCUT2D eigenvalue weighted by atomic mass is 16.5. The van der Waals surface area contributed by atoms with E-state index in [1.54, 1.807) is 23.8 Å². The molecular weight excluding hydrogens is 248 g/mol. The van der Waals surface area contributed by atoms with Gasteiger partial charge in [0.25, 0.3) is 0 Å². The fourth-order valence-corrected chi connectivity index (χ4v) is 2.20. The van der Waals surface area contributed by atoms with Crippen molar-refractivity contribution in [1.82, 2.24) is 9.80 Å². The van der Waals surface area contributed by atoms with Gasteiger partial charge in [-0.05, 0) is 19.8 Å². The molecule has 0 saturated carbocycles. The van der Waals surface area contributed by atoms with Crippen LogP contribution >= 0.6 is 0 Å². The van der Waals surface area contributed by atoms with Crippen LogP contribution in [0.2, 0.25) is 0 Å². The molecule has 1 N–H and O–H groups in total. The van der Waals surface area contributed by atoms with Gasteiger partial charge in [-0.2, -0.15) is 0 Å². The summed E-state index contributed by atoms with van der Waals surface area (Å²) in [6.07, 6.45) is 1.68. The highest BCUT2D eigenvalue weighted by Gasteiger charge is 2.27. The first-order valence-corrected chi connectivity index (χ1v) is 6.79. The molecule has 2 amide bonds. The number of carboxylic acids is 1. The van der Waals surface area contributed by atoms with Crippen LogP contribution in [0.3, 0.4) is 0 Å². The molecule has 0 aromatic carbocycles. The lowest BCUT2D eigenvalue weighted by molar-refractivity contribution is -0.141. The number of rotatable bonds is 5. The number of ether oxygens (including phenoxy) is 1. The smallest absolute Gasteiger partial charge is 0.320 e. The fraction of sp³-hybridized carbons (Fsp3) is 0.846. The molecule has 6 nitrogen and oxygen atoms in total. The van der Waals surface area contributed by atoms with E-state index in [1.165, 1.54) is 0 Å². The second-order valence-corrected chi connectivity index (χ2v) is 5.01. The number of nitrogens with zero attached hydrogens (tertiary/aromatic N) is 2. The van der Waals surface area contributed by atoms with E-state index in [0.29, 0.717) is 19.8 Å². The molecule has 0 spiro atoms. The largest absolute Gasteiger partial charge is 0.481 e. The van der Waals surface area contributed by atoms with E-state index < -0.39 is 11.9 Å². The summed E-state index contributed by atoms with van der Waals surface area (Å²) in [5, 5.41) is 8.93. The van der Waals surface area contributed by atoms with Crippen molar-refractivity contribution in [2.45, 2.75) is 32.7 Å². The number of urea groups is 1. The van der Waals surface area contributed by atoms with E-state index in [1.807, 2.05) is 6.92 Å². The first-order valence-electron chi connectivity index (χ1n) is 6.79. The third kappa shape index (κ3) is 4.38.